The Labute approximate surface area is 320 Å². The van der Waals surface area contributed by atoms with Crippen LogP contribution in [0.4, 0.5) is 0 Å². The Morgan fingerprint density at radius 3 is 1.96 bits per heavy atom. The first-order chi connectivity index (χ1) is 26.2. The van der Waals surface area contributed by atoms with Crippen molar-refractivity contribution in [1.29, 1.82) is 0 Å². The van der Waals surface area contributed by atoms with Crippen molar-refractivity contribution in [1.82, 2.24) is 0 Å². The Morgan fingerprint density at radius 1 is 0.759 bits per heavy atom. The lowest BCUT2D eigenvalue weighted by Crippen LogP contribution is -2.35. The van der Waals surface area contributed by atoms with Gasteiger partial charge in [-0.05, 0) is 128 Å². The summed E-state index contributed by atoms with van der Waals surface area (Å²) in [6.45, 7) is 9.22. The van der Waals surface area contributed by atoms with E-state index in [9.17, 15) is 14.4 Å². The van der Waals surface area contributed by atoms with Crippen LogP contribution in [0.1, 0.15) is 103 Å². The van der Waals surface area contributed by atoms with E-state index in [1.54, 1.807) is 24.3 Å². The third kappa shape index (κ3) is 8.54. The number of hydrogen-bond acceptors (Lipinski definition) is 6. The number of esters is 3. The van der Waals surface area contributed by atoms with Crippen molar-refractivity contribution < 1.29 is 28.6 Å². The molecule has 0 spiro atoms. The molecule has 0 N–H and O–H groups in total. The van der Waals surface area contributed by atoms with E-state index < -0.39 is 18.2 Å². The molecule has 7 atom stereocenters. The van der Waals surface area contributed by atoms with Crippen LogP contribution in [0.25, 0.3) is 0 Å². The second kappa shape index (κ2) is 16.6. The molecule has 0 heterocycles. The van der Waals surface area contributed by atoms with Crippen LogP contribution in [0.15, 0.2) is 139 Å². The second-order valence-electron chi connectivity index (χ2n) is 16.0. The molecule has 280 valence electrons. The Hall–Kier alpha value is -4.97. The molecule has 0 aliphatic heterocycles. The first-order valence-electron chi connectivity index (χ1n) is 19.7. The molecule has 0 saturated heterocycles. The van der Waals surface area contributed by atoms with Crippen LogP contribution in [0.2, 0.25) is 0 Å². The van der Waals surface area contributed by atoms with Gasteiger partial charge in [-0.15, -0.1) is 0 Å². The molecule has 4 saturated carbocycles. The highest BCUT2D eigenvalue weighted by Crippen LogP contribution is 2.59. The van der Waals surface area contributed by atoms with Crippen molar-refractivity contribution in [2.45, 2.75) is 89.9 Å². The van der Waals surface area contributed by atoms with E-state index in [2.05, 4.69) is 44.7 Å². The van der Waals surface area contributed by atoms with Crippen molar-refractivity contribution in [3.63, 3.8) is 0 Å². The van der Waals surface area contributed by atoms with Gasteiger partial charge in [0.05, 0.1) is 16.7 Å². The summed E-state index contributed by atoms with van der Waals surface area (Å²) in [4.78, 5) is 39.2. The number of benzene rings is 3. The SMILES string of the molecule is C=C1/C(=C\C=C2/CCC[C@]3(C)[C@@H]([C@H](C)/C=C/[C@@H](OC(=O)c4ccccc4)C4CC4)CC[C@@H]23)C[C@@H](OC(=O)c2ccccc2)C[C@@H]1OC(=O)c1ccccc1. The summed E-state index contributed by atoms with van der Waals surface area (Å²) in [5.74, 6) is 0.684. The largest absolute Gasteiger partial charge is 0.458 e. The van der Waals surface area contributed by atoms with Crippen LogP contribution in [0, 0.1) is 29.1 Å². The third-order valence-corrected chi connectivity index (χ3v) is 12.4. The lowest BCUT2D eigenvalue weighted by Gasteiger charge is -2.44. The molecule has 6 nitrogen and oxygen atoms in total. The first-order valence-corrected chi connectivity index (χ1v) is 19.7. The molecule has 0 bridgehead atoms. The highest BCUT2D eigenvalue weighted by atomic mass is 16.6. The summed E-state index contributed by atoms with van der Waals surface area (Å²) in [5.41, 5.74) is 4.87. The van der Waals surface area contributed by atoms with E-state index >= 15 is 0 Å². The summed E-state index contributed by atoms with van der Waals surface area (Å²) < 4.78 is 18.1. The summed E-state index contributed by atoms with van der Waals surface area (Å²) >= 11 is 0. The van der Waals surface area contributed by atoms with Crippen molar-refractivity contribution in [2.75, 3.05) is 0 Å². The number of rotatable bonds is 11. The standard InChI is InChI=1S/C48H52O6/c1-32(21-28-43(35-23-24-35)53-46(50)37-16-9-5-10-17-37)41-26-27-42-34(20-13-29-48(41,42)3)22-25-39-30-40(52-45(49)36-14-7-4-8-15-36)31-44(33(39)2)54-47(51)38-18-11-6-12-19-38/h4-12,14-19,21-22,25,28,32,35,40-44H,2,13,20,23-24,26-27,29-31H2,1,3H3/b28-21+,34-22+,39-25-/t32-,40-,41-,42+,43-,44+,48-/m1/s1. The van der Waals surface area contributed by atoms with Gasteiger partial charge in [-0.2, -0.15) is 0 Å². The molecule has 0 aromatic heterocycles. The molecule has 4 fully saturated rings. The number of carbonyl (C=O) groups excluding carboxylic acids is 3. The zero-order valence-electron chi connectivity index (χ0n) is 31.5. The molecule has 0 unspecified atom stereocenters. The van der Waals surface area contributed by atoms with Gasteiger partial charge in [0, 0.05) is 12.8 Å². The van der Waals surface area contributed by atoms with Crippen LogP contribution in [-0.2, 0) is 14.2 Å². The molecule has 4 aliphatic rings. The van der Waals surface area contributed by atoms with Gasteiger partial charge in [0.1, 0.15) is 18.3 Å². The van der Waals surface area contributed by atoms with Crippen LogP contribution in [-0.4, -0.2) is 36.2 Å². The van der Waals surface area contributed by atoms with Gasteiger partial charge in [0.15, 0.2) is 0 Å². The summed E-state index contributed by atoms with van der Waals surface area (Å²) in [6.07, 6.45) is 16.4. The number of carbonyl (C=O) groups is 3. The summed E-state index contributed by atoms with van der Waals surface area (Å²) in [7, 11) is 0. The fraction of sp³-hybridized carbons (Fsp3) is 0.396. The Morgan fingerprint density at radius 2 is 1.35 bits per heavy atom. The van der Waals surface area contributed by atoms with E-state index in [1.807, 2.05) is 66.7 Å². The summed E-state index contributed by atoms with van der Waals surface area (Å²) in [6, 6.07) is 27.2. The zero-order chi connectivity index (χ0) is 37.7. The van der Waals surface area contributed by atoms with Gasteiger partial charge < -0.3 is 14.2 Å². The Balaban J connectivity index is 1.06. The van der Waals surface area contributed by atoms with Crippen molar-refractivity contribution in [3.8, 4) is 0 Å². The van der Waals surface area contributed by atoms with Gasteiger partial charge in [-0.1, -0.05) is 98.8 Å². The lowest BCUT2D eigenvalue weighted by molar-refractivity contribution is 0.00212. The average molecular weight is 725 g/mol. The molecule has 54 heavy (non-hydrogen) atoms. The fourth-order valence-corrected chi connectivity index (χ4v) is 9.25. The second-order valence-corrected chi connectivity index (χ2v) is 16.0. The van der Waals surface area contributed by atoms with Gasteiger partial charge in [-0.25, -0.2) is 14.4 Å². The Bertz CT molecular complexity index is 1910. The Kier molecular flexibility index (Phi) is 11.5. The third-order valence-electron chi connectivity index (χ3n) is 12.4. The quantitative estimate of drug-likeness (QED) is 0.111. The van der Waals surface area contributed by atoms with Crippen LogP contribution in [0.5, 0.6) is 0 Å². The smallest absolute Gasteiger partial charge is 0.338 e. The molecule has 0 amide bonds. The van der Waals surface area contributed by atoms with Crippen molar-refractivity contribution in [3.05, 3.63) is 155 Å². The maximum atomic E-state index is 13.2. The molecule has 0 radical (unpaired) electrons. The first kappa shape index (κ1) is 37.3. The summed E-state index contributed by atoms with van der Waals surface area (Å²) in [5, 5.41) is 0. The predicted octanol–water partition coefficient (Wildman–Crippen LogP) is 10.7. The van der Waals surface area contributed by atoms with E-state index in [-0.39, 0.29) is 23.5 Å². The van der Waals surface area contributed by atoms with Gasteiger partial charge in [0.2, 0.25) is 0 Å². The maximum Gasteiger partial charge on any atom is 0.338 e. The van der Waals surface area contributed by atoms with Crippen LogP contribution in [0.3, 0.4) is 0 Å². The number of hydrogen-bond donors (Lipinski definition) is 0. The monoisotopic (exact) mass is 724 g/mol. The molecule has 7 rings (SSSR count). The molecule has 4 aliphatic carbocycles. The van der Waals surface area contributed by atoms with E-state index in [0.717, 1.165) is 49.7 Å². The van der Waals surface area contributed by atoms with Gasteiger partial charge in [-0.3, -0.25) is 0 Å². The van der Waals surface area contributed by atoms with Crippen LogP contribution < -0.4 is 0 Å². The lowest BCUT2D eigenvalue weighted by atomic mass is 9.61. The minimum absolute atomic E-state index is 0.160. The van der Waals surface area contributed by atoms with E-state index in [1.165, 1.54) is 12.0 Å². The average Bonchev–Trinajstić information content (AvgIpc) is 3.98. The zero-order valence-corrected chi connectivity index (χ0v) is 31.5. The highest BCUT2D eigenvalue weighted by molar-refractivity contribution is 5.90. The number of ether oxygens (including phenoxy) is 3. The normalized spacial score (nSPS) is 28.0. The van der Waals surface area contributed by atoms with Gasteiger partial charge in [0.25, 0.3) is 0 Å². The number of allylic oxidation sites excluding steroid dienone is 4. The van der Waals surface area contributed by atoms with E-state index in [4.69, 9.17) is 14.2 Å². The number of fused-ring (bicyclic) bond motifs is 1. The topological polar surface area (TPSA) is 78.9 Å². The maximum absolute atomic E-state index is 13.2. The molecule has 3 aromatic rings. The molecule has 3 aromatic carbocycles. The minimum Gasteiger partial charge on any atom is -0.458 e. The van der Waals surface area contributed by atoms with Crippen molar-refractivity contribution >= 4 is 17.9 Å². The minimum atomic E-state index is -0.615. The fourth-order valence-electron chi connectivity index (χ4n) is 9.25. The van der Waals surface area contributed by atoms with E-state index in [0.29, 0.717) is 53.2 Å². The van der Waals surface area contributed by atoms with Gasteiger partial charge >= 0.3 is 17.9 Å². The molecule has 6 heteroatoms. The van der Waals surface area contributed by atoms with Crippen molar-refractivity contribution in [2.24, 2.45) is 29.1 Å². The predicted molar refractivity (Wildman–Crippen MR) is 211 cm³/mol. The molecular formula is C48H52O6. The van der Waals surface area contributed by atoms with Crippen LogP contribution >= 0.6 is 0 Å². The highest BCUT2D eigenvalue weighted by Gasteiger charge is 2.50. The molecular weight excluding hydrogens is 673 g/mol.